The molecule has 0 aliphatic carbocycles. The van der Waals surface area contributed by atoms with E-state index in [2.05, 4.69) is 0 Å². The van der Waals surface area contributed by atoms with Gasteiger partial charge in [-0.25, -0.2) is 0 Å². The minimum absolute atomic E-state index is 0.180. The molecule has 1 aromatic rings. The quantitative estimate of drug-likeness (QED) is 0.639. The third kappa shape index (κ3) is 3.86. The van der Waals surface area contributed by atoms with Crippen molar-refractivity contribution in [2.45, 2.75) is 9.48 Å². The van der Waals surface area contributed by atoms with E-state index in [9.17, 15) is 4.79 Å². The Morgan fingerprint density at radius 1 is 1.36 bits per heavy atom. The fourth-order valence-corrected chi connectivity index (χ4v) is 4.16. The molecule has 14 heavy (non-hydrogen) atoms. The summed E-state index contributed by atoms with van der Waals surface area (Å²) < 4.78 is -0.180. The molecule has 0 fully saturated rings. The zero-order valence-electron chi connectivity index (χ0n) is 7.67. The highest BCUT2D eigenvalue weighted by molar-refractivity contribution is 8.78. The molecule has 0 radical (unpaired) electrons. The zero-order chi connectivity index (χ0) is 10.4. The van der Waals surface area contributed by atoms with Gasteiger partial charge >= 0.3 is 0 Å². The maximum atomic E-state index is 10.9. The number of amides is 1. The Balaban J connectivity index is 2.44. The van der Waals surface area contributed by atoms with Gasteiger partial charge in [0.05, 0.1) is 0 Å². The van der Waals surface area contributed by atoms with Crippen LogP contribution in [0.4, 0.5) is 0 Å². The summed E-state index contributed by atoms with van der Waals surface area (Å²) in [7, 11) is 3.06. The monoisotopic (exact) mass is 245 g/mol. The second-order valence-corrected chi connectivity index (χ2v) is 6.08. The molecule has 1 unspecified atom stereocenters. The van der Waals surface area contributed by atoms with Crippen molar-refractivity contribution >= 4 is 39.3 Å². The maximum absolute atomic E-state index is 10.9. The molecule has 5 heteroatoms. The van der Waals surface area contributed by atoms with Crippen molar-refractivity contribution < 1.29 is 4.79 Å². The lowest BCUT2D eigenvalue weighted by atomic mass is 10.4. The second-order valence-electron chi connectivity index (χ2n) is 2.46. The van der Waals surface area contributed by atoms with Crippen LogP contribution in [0.2, 0.25) is 0 Å². The Labute approximate surface area is 95.8 Å². The third-order valence-corrected chi connectivity index (χ3v) is 5.72. The molecule has 1 rings (SSSR count). The van der Waals surface area contributed by atoms with Gasteiger partial charge in [0.1, 0.15) is 4.58 Å². The summed E-state index contributed by atoms with van der Waals surface area (Å²) >= 11 is 1.46. The summed E-state index contributed by atoms with van der Waals surface area (Å²) in [6.07, 6.45) is 1.88. The Morgan fingerprint density at radius 2 is 2.00 bits per heavy atom. The van der Waals surface area contributed by atoms with Gasteiger partial charge in [0.25, 0.3) is 0 Å². The number of nitrogens with two attached hydrogens (primary N) is 1. The number of carbonyl (C=O) groups is 1. The lowest BCUT2D eigenvalue weighted by Crippen LogP contribution is -2.21. The summed E-state index contributed by atoms with van der Waals surface area (Å²) in [6.45, 7) is 0. The molecule has 0 saturated carbocycles. The molecule has 1 atom stereocenters. The van der Waals surface area contributed by atoms with Crippen molar-refractivity contribution in [3.05, 3.63) is 30.3 Å². The first-order valence-corrected chi connectivity index (χ1v) is 7.44. The first-order chi connectivity index (χ1) is 6.74. The fourth-order valence-electron chi connectivity index (χ4n) is 0.778. The van der Waals surface area contributed by atoms with E-state index in [1.54, 1.807) is 10.8 Å². The molecule has 0 saturated heterocycles. The second kappa shape index (κ2) is 6.27. The molecule has 0 bridgehead atoms. The highest BCUT2D eigenvalue weighted by Gasteiger charge is 2.14. The van der Waals surface area contributed by atoms with Crippen LogP contribution < -0.4 is 5.73 Å². The van der Waals surface area contributed by atoms with Gasteiger partial charge in [0.15, 0.2) is 0 Å². The summed E-state index contributed by atoms with van der Waals surface area (Å²) in [5.74, 6) is -0.272. The smallest absolute Gasteiger partial charge is 0.241 e. The number of rotatable bonds is 5. The summed E-state index contributed by atoms with van der Waals surface area (Å²) in [6, 6.07) is 9.93. The van der Waals surface area contributed by atoms with E-state index in [-0.39, 0.29) is 10.5 Å². The average Bonchev–Trinajstić information content (AvgIpc) is 2.20. The van der Waals surface area contributed by atoms with Crippen LogP contribution in [0.25, 0.3) is 0 Å². The largest absolute Gasteiger partial charge is 0.368 e. The lowest BCUT2D eigenvalue weighted by Gasteiger charge is -2.08. The van der Waals surface area contributed by atoms with Gasteiger partial charge in [-0.2, -0.15) is 0 Å². The first kappa shape index (κ1) is 11.8. The van der Waals surface area contributed by atoms with Crippen molar-refractivity contribution in [2.24, 2.45) is 5.73 Å². The van der Waals surface area contributed by atoms with Gasteiger partial charge < -0.3 is 5.73 Å². The van der Waals surface area contributed by atoms with Gasteiger partial charge in [0.2, 0.25) is 5.91 Å². The lowest BCUT2D eigenvalue weighted by molar-refractivity contribution is -0.116. The molecule has 0 spiro atoms. The van der Waals surface area contributed by atoms with Crippen LogP contribution in [0, 0.1) is 0 Å². The highest BCUT2D eigenvalue weighted by Crippen LogP contribution is 2.37. The third-order valence-electron chi connectivity index (χ3n) is 1.42. The average molecular weight is 245 g/mol. The maximum Gasteiger partial charge on any atom is 0.241 e. The highest BCUT2D eigenvalue weighted by atomic mass is 33.1. The molecular formula is C9H11NOS3. The molecular weight excluding hydrogens is 234 g/mol. The van der Waals surface area contributed by atoms with Crippen LogP contribution in [0.15, 0.2) is 35.2 Å². The number of hydrogen-bond donors (Lipinski definition) is 1. The van der Waals surface area contributed by atoms with Gasteiger partial charge in [-0.3, -0.25) is 4.79 Å². The number of benzene rings is 1. The van der Waals surface area contributed by atoms with Gasteiger partial charge in [-0.05, 0) is 18.4 Å². The van der Waals surface area contributed by atoms with Gasteiger partial charge in [-0.1, -0.05) is 39.8 Å². The SMILES string of the molecule is CSC(SSc1ccccc1)C(N)=O. The van der Waals surface area contributed by atoms with E-state index >= 15 is 0 Å². The van der Waals surface area contributed by atoms with Crippen LogP contribution in [-0.4, -0.2) is 16.7 Å². The molecule has 0 heterocycles. The van der Waals surface area contributed by atoms with E-state index in [1.807, 2.05) is 36.6 Å². The molecule has 1 amide bonds. The van der Waals surface area contributed by atoms with Crippen molar-refractivity contribution in [1.29, 1.82) is 0 Å². The van der Waals surface area contributed by atoms with E-state index in [1.165, 1.54) is 22.6 Å². The van der Waals surface area contributed by atoms with Crippen molar-refractivity contribution in [2.75, 3.05) is 6.26 Å². The Bertz CT molecular complexity index is 291. The van der Waals surface area contributed by atoms with E-state index in [4.69, 9.17) is 5.73 Å². The number of hydrogen-bond acceptors (Lipinski definition) is 4. The molecule has 1 aromatic carbocycles. The van der Waals surface area contributed by atoms with Crippen LogP contribution in [-0.2, 0) is 4.79 Å². The van der Waals surface area contributed by atoms with Gasteiger partial charge in [-0.15, -0.1) is 11.8 Å². The minimum Gasteiger partial charge on any atom is -0.368 e. The van der Waals surface area contributed by atoms with Gasteiger partial charge in [0, 0.05) is 4.90 Å². The number of primary amides is 1. The van der Waals surface area contributed by atoms with E-state index < -0.39 is 0 Å². The molecule has 0 aliphatic rings. The molecule has 2 nitrogen and oxygen atoms in total. The van der Waals surface area contributed by atoms with Crippen LogP contribution in [0.1, 0.15) is 0 Å². The fraction of sp³-hybridized carbons (Fsp3) is 0.222. The van der Waals surface area contributed by atoms with Crippen molar-refractivity contribution in [3.8, 4) is 0 Å². The number of carbonyl (C=O) groups excluding carboxylic acids is 1. The zero-order valence-corrected chi connectivity index (χ0v) is 10.1. The molecule has 76 valence electrons. The van der Waals surface area contributed by atoms with Crippen molar-refractivity contribution in [1.82, 2.24) is 0 Å². The molecule has 0 aromatic heterocycles. The van der Waals surface area contributed by atoms with E-state index in [0.29, 0.717) is 0 Å². The van der Waals surface area contributed by atoms with Crippen molar-refractivity contribution in [3.63, 3.8) is 0 Å². The summed E-state index contributed by atoms with van der Waals surface area (Å²) in [5.41, 5.74) is 5.22. The topological polar surface area (TPSA) is 43.1 Å². The van der Waals surface area contributed by atoms with Crippen LogP contribution >= 0.6 is 33.3 Å². The predicted octanol–water partition coefficient (Wildman–Crippen LogP) is 2.60. The predicted molar refractivity (Wildman–Crippen MR) is 66.4 cm³/mol. The Morgan fingerprint density at radius 3 is 2.50 bits per heavy atom. The normalized spacial score (nSPS) is 12.4. The standard InChI is InChI=1S/C9H11NOS3/c1-12-9(8(10)11)14-13-7-5-3-2-4-6-7/h2-6,9H,1H3,(H2,10,11). The molecule has 2 N–H and O–H groups in total. The Hall–Kier alpha value is -0.260. The van der Waals surface area contributed by atoms with Crippen LogP contribution in [0.5, 0.6) is 0 Å². The molecule has 0 aliphatic heterocycles. The van der Waals surface area contributed by atoms with Crippen LogP contribution in [0.3, 0.4) is 0 Å². The first-order valence-electron chi connectivity index (χ1n) is 3.94. The number of thioether (sulfide) groups is 1. The Kier molecular flexibility index (Phi) is 5.29. The van der Waals surface area contributed by atoms with E-state index in [0.717, 1.165) is 4.90 Å². The summed E-state index contributed by atoms with van der Waals surface area (Å²) in [5, 5.41) is 0. The minimum atomic E-state index is -0.272. The summed E-state index contributed by atoms with van der Waals surface area (Å²) in [4.78, 5) is 12.1.